The molecule has 6 rings (SSSR count). The summed E-state index contributed by atoms with van der Waals surface area (Å²) in [4.78, 5) is 13.0. The Morgan fingerprint density at radius 3 is 2.32 bits per heavy atom. The average molecular weight is 376 g/mol. The molecular weight excluding hydrogens is 346 g/mol. The van der Waals surface area contributed by atoms with Crippen LogP contribution >= 0.6 is 0 Å². The van der Waals surface area contributed by atoms with Gasteiger partial charge in [0.2, 0.25) is 5.91 Å². The normalized spacial score (nSPS) is 32.9. The van der Waals surface area contributed by atoms with Crippen LogP contribution in [0.25, 0.3) is 0 Å². The third-order valence-electron chi connectivity index (χ3n) is 7.48. The first-order valence-electron chi connectivity index (χ1n) is 10.6. The maximum atomic E-state index is 13.0. The minimum atomic E-state index is 0.162. The van der Waals surface area contributed by atoms with Crippen LogP contribution in [0.5, 0.6) is 5.75 Å². The second-order valence-corrected chi connectivity index (χ2v) is 9.56. The Morgan fingerprint density at radius 1 is 1.00 bits per heavy atom. The number of ether oxygens (including phenoxy) is 1. The van der Waals surface area contributed by atoms with E-state index in [1.165, 1.54) is 44.1 Å². The molecule has 0 radical (unpaired) electrons. The van der Waals surface area contributed by atoms with Gasteiger partial charge >= 0.3 is 0 Å². The zero-order valence-corrected chi connectivity index (χ0v) is 16.6. The molecule has 1 amide bonds. The van der Waals surface area contributed by atoms with Gasteiger partial charge in [-0.3, -0.25) is 4.79 Å². The molecule has 2 aromatic rings. The van der Waals surface area contributed by atoms with Crippen LogP contribution in [0.15, 0.2) is 54.6 Å². The van der Waals surface area contributed by atoms with E-state index in [4.69, 9.17) is 4.74 Å². The lowest BCUT2D eigenvalue weighted by molar-refractivity contribution is -0.126. The summed E-state index contributed by atoms with van der Waals surface area (Å²) in [5, 5.41) is 3.13. The monoisotopic (exact) mass is 375 g/mol. The van der Waals surface area contributed by atoms with Crippen molar-refractivity contribution >= 4 is 11.6 Å². The Bertz CT molecular complexity index is 844. The number of hydrogen-bond donors (Lipinski definition) is 1. The Kier molecular flexibility index (Phi) is 4.22. The van der Waals surface area contributed by atoms with Crippen molar-refractivity contribution in [2.45, 2.75) is 50.4 Å². The number of nitrogens with one attached hydrogen (secondary N) is 1. The Morgan fingerprint density at radius 2 is 1.68 bits per heavy atom. The fourth-order valence-electron chi connectivity index (χ4n) is 7.01. The van der Waals surface area contributed by atoms with Gasteiger partial charge in [-0.1, -0.05) is 30.3 Å². The zero-order chi connectivity index (χ0) is 19.2. The average Bonchev–Trinajstić information content (AvgIpc) is 2.68. The predicted octanol–water partition coefficient (Wildman–Crippen LogP) is 5.56. The van der Waals surface area contributed by atoms with Gasteiger partial charge in [0.1, 0.15) is 5.75 Å². The first-order chi connectivity index (χ1) is 13.6. The maximum absolute atomic E-state index is 13.0. The molecule has 2 atom stereocenters. The minimum Gasteiger partial charge on any atom is -0.497 e. The van der Waals surface area contributed by atoms with Crippen LogP contribution in [0.1, 0.15) is 50.5 Å². The summed E-state index contributed by atoms with van der Waals surface area (Å²) in [5.74, 6) is 2.55. The summed E-state index contributed by atoms with van der Waals surface area (Å²) in [6.07, 6.45) is 8.29. The Labute approximate surface area is 167 Å². The summed E-state index contributed by atoms with van der Waals surface area (Å²) < 4.78 is 5.21. The summed E-state index contributed by atoms with van der Waals surface area (Å²) in [5.41, 5.74) is 2.83. The molecule has 0 saturated heterocycles. The van der Waals surface area contributed by atoms with Crippen molar-refractivity contribution in [1.29, 1.82) is 0 Å². The molecule has 4 aliphatic rings. The van der Waals surface area contributed by atoms with Crippen molar-refractivity contribution in [1.82, 2.24) is 0 Å². The topological polar surface area (TPSA) is 38.3 Å². The molecule has 3 heteroatoms. The van der Waals surface area contributed by atoms with Gasteiger partial charge < -0.3 is 10.1 Å². The molecule has 4 saturated carbocycles. The van der Waals surface area contributed by atoms with E-state index in [0.717, 1.165) is 23.3 Å². The van der Waals surface area contributed by atoms with E-state index in [2.05, 4.69) is 35.6 Å². The molecule has 0 spiro atoms. The lowest BCUT2D eigenvalue weighted by Crippen LogP contribution is -2.54. The smallest absolute Gasteiger partial charge is 0.224 e. The number of benzene rings is 2. The molecule has 28 heavy (non-hydrogen) atoms. The lowest BCUT2D eigenvalue weighted by Gasteiger charge is -2.62. The predicted molar refractivity (Wildman–Crippen MR) is 111 cm³/mol. The van der Waals surface area contributed by atoms with Crippen LogP contribution in [0.3, 0.4) is 0 Å². The SMILES string of the molecule is COc1ccc(NC(=O)CC23C[C@@H]4C[C@@H](C2)CC(c2ccccc2)(C4)C3)cc1. The van der Waals surface area contributed by atoms with Crippen LogP contribution in [-0.4, -0.2) is 13.0 Å². The van der Waals surface area contributed by atoms with Crippen molar-refractivity contribution in [2.24, 2.45) is 17.3 Å². The van der Waals surface area contributed by atoms with E-state index in [9.17, 15) is 4.79 Å². The van der Waals surface area contributed by atoms with Crippen molar-refractivity contribution in [3.63, 3.8) is 0 Å². The minimum absolute atomic E-state index is 0.162. The van der Waals surface area contributed by atoms with E-state index in [-0.39, 0.29) is 11.3 Å². The molecule has 4 aliphatic carbocycles. The quantitative estimate of drug-likeness (QED) is 0.743. The molecule has 0 aromatic heterocycles. The summed E-state index contributed by atoms with van der Waals surface area (Å²) in [6.45, 7) is 0. The van der Waals surface area contributed by atoms with Gasteiger partial charge in [0.15, 0.2) is 0 Å². The number of amides is 1. The second-order valence-electron chi connectivity index (χ2n) is 9.56. The van der Waals surface area contributed by atoms with Crippen molar-refractivity contribution in [3.05, 3.63) is 60.2 Å². The highest BCUT2D eigenvalue weighted by Gasteiger charge is 2.58. The highest BCUT2D eigenvalue weighted by molar-refractivity contribution is 5.91. The van der Waals surface area contributed by atoms with Crippen molar-refractivity contribution < 1.29 is 9.53 Å². The van der Waals surface area contributed by atoms with Gasteiger partial charge in [-0.05, 0) is 91.0 Å². The lowest BCUT2D eigenvalue weighted by atomic mass is 9.42. The summed E-state index contributed by atoms with van der Waals surface area (Å²) in [7, 11) is 1.66. The summed E-state index contributed by atoms with van der Waals surface area (Å²) >= 11 is 0. The molecular formula is C25H29NO2. The van der Waals surface area contributed by atoms with Gasteiger partial charge in [0.05, 0.1) is 7.11 Å². The summed E-state index contributed by atoms with van der Waals surface area (Å²) in [6, 6.07) is 18.7. The third kappa shape index (κ3) is 3.11. The number of hydrogen-bond acceptors (Lipinski definition) is 2. The van der Waals surface area contributed by atoms with Gasteiger partial charge in [0, 0.05) is 12.1 Å². The molecule has 0 heterocycles. The van der Waals surface area contributed by atoms with Crippen LogP contribution < -0.4 is 10.1 Å². The molecule has 1 N–H and O–H groups in total. The van der Waals surface area contributed by atoms with Crippen LogP contribution in [-0.2, 0) is 10.2 Å². The second kappa shape index (κ2) is 6.65. The molecule has 3 nitrogen and oxygen atoms in total. The van der Waals surface area contributed by atoms with Gasteiger partial charge in [-0.25, -0.2) is 0 Å². The number of carbonyl (C=O) groups excluding carboxylic acids is 1. The van der Waals surface area contributed by atoms with Crippen LogP contribution in [0.2, 0.25) is 0 Å². The maximum Gasteiger partial charge on any atom is 0.224 e. The van der Waals surface area contributed by atoms with Gasteiger partial charge in [0.25, 0.3) is 0 Å². The largest absolute Gasteiger partial charge is 0.497 e. The highest BCUT2D eigenvalue weighted by Crippen LogP contribution is 2.66. The standard InChI is InChI=1S/C25H29NO2/c1-28-22-9-7-21(8-10-22)26-23(27)16-24-12-18-11-19(13-24)15-25(14-18,17-24)20-5-3-2-4-6-20/h2-10,18-19H,11-17H2,1H3,(H,26,27)/t18-,19-,24?,25?/m0/s1. The third-order valence-corrected chi connectivity index (χ3v) is 7.48. The van der Waals surface area contributed by atoms with E-state index in [1.54, 1.807) is 7.11 Å². The number of methoxy groups -OCH3 is 1. The highest BCUT2D eigenvalue weighted by atomic mass is 16.5. The van der Waals surface area contributed by atoms with E-state index >= 15 is 0 Å². The molecule has 4 bridgehead atoms. The molecule has 4 fully saturated rings. The van der Waals surface area contributed by atoms with Crippen LogP contribution in [0.4, 0.5) is 5.69 Å². The van der Waals surface area contributed by atoms with Crippen molar-refractivity contribution in [2.75, 3.05) is 12.4 Å². The number of rotatable bonds is 5. The Hall–Kier alpha value is -2.29. The number of anilines is 1. The molecule has 0 unspecified atom stereocenters. The fraction of sp³-hybridized carbons (Fsp3) is 0.480. The number of carbonyl (C=O) groups is 1. The molecule has 146 valence electrons. The first kappa shape index (κ1) is 17.8. The van der Waals surface area contributed by atoms with E-state index < -0.39 is 0 Å². The van der Waals surface area contributed by atoms with Gasteiger partial charge in [-0.15, -0.1) is 0 Å². The molecule has 0 aliphatic heterocycles. The Balaban J connectivity index is 1.35. The van der Waals surface area contributed by atoms with Gasteiger partial charge in [-0.2, -0.15) is 0 Å². The first-order valence-corrected chi connectivity index (χ1v) is 10.6. The van der Waals surface area contributed by atoms with Crippen molar-refractivity contribution in [3.8, 4) is 5.75 Å². The fourth-order valence-corrected chi connectivity index (χ4v) is 7.01. The van der Waals surface area contributed by atoms with Crippen LogP contribution in [0, 0.1) is 17.3 Å². The van der Waals surface area contributed by atoms with E-state index in [1.807, 2.05) is 24.3 Å². The molecule has 2 aromatic carbocycles. The zero-order valence-electron chi connectivity index (χ0n) is 16.6. The van der Waals surface area contributed by atoms with E-state index in [0.29, 0.717) is 11.8 Å².